The van der Waals surface area contributed by atoms with Crippen LogP contribution in [0.3, 0.4) is 0 Å². The van der Waals surface area contributed by atoms with Gasteiger partial charge in [0.15, 0.2) is 6.10 Å². The monoisotopic (exact) mass is 953 g/mol. The van der Waals surface area contributed by atoms with E-state index in [0.717, 1.165) is 77.0 Å². The van der Waals surface area contributed by atoms with Crippen LogP contribution >= 0.6 is 0 Å². The molecule has 0 saturated carbocycles. The van der Waals surface area contributed by atoms with Gasteiger partial charge in [0.2, 0.25) is 0 Å². The first-order valence-electron chi connectivity index (χ1n) is 29.6. The molecule has 0 saturated heterocycles. The Kier molecular flexibility index (Phi) is 54.8. The number of ether oxygens (including phenoxy) is 3. The molecule has 0 spiro atoms. The van der Waals surface area contributed by atoms with Crippen LogP contribution in [0.1, 0.15) is 310 Å². The maximum absolute atomic E-state index is 12.9. The summed E-state index contributed by atoms with van der Waals surface area (Å²) in [4.78, 5) is 38.2. The van der Waals surface area contributed by atoms with Crippen LogP contribution in [0.25, 0.3) is 0 Å². The Hall–Kier alpha value is -2.63. The molecule has 396 valence electrons. The van der Waals surface area contributed by atoms with Crippen LogP contribution < -0.4 is 0 Å². The fourth-order valence-electron chi connectivity index (χ4n) is 8.56. The van der Waals surface area contributed by atoms with E-state index in [-0.39, 0.29) is 31.1 Å². The fraction of sp³-hybridized carbons (Fsp3) is 0.823. The highest BCUT2D eigenvalue weighted by Gasteiger charge is 2.19. The molecule has 0 fully saturated rings. The Morgan fingerprint density at radius 2 is 0.529 bits per heavy atom. The summed E-state index contributed by atoms with van der Waals surface area (Å²) in [6, 6.07) is 0. The topological polar surface area (TPSA) is 78.9 Å². The normalized spacial score (nSPS) is 12.3. The van der Waals surface area contributed by atoms with Gasteiger partial charge in [0.25, 0.3) is 0 Å². The van der Waals surface area contributed by atoms with E-state index in [1.54, 1.807) is 0 Å². The average Bonchev–Trinajstić information content (AvgIpc) is 3.34. The van der Waals surface area contributed by atoms with Crippen molar-refractivity contribution in [3.8, 4) is 0 Å². The third-order valence-electron chi connectivity index (χ3n) is 13.1. The summed E-state index contributed by atoms with van der Waals surface area (Å²) in [6.07, 6.45) is 69.6. The molecule has 0 aliphatic heterocycles. The number of esters is 3. The van der Waals surface area contributed by atoms with Gasteiger partial charge in [-0.3, -0.25) is 14.4 Å². The van der Waals surface area contributed by atoms with Crippen molar-refractivity contribution >= 4 is 17.9 Å². The van der Waals surface area contributed by atoms with Crippen molar-refractivity contribution in [3.63, 3.8) is 0 Å². The third kappa shape index (κ3) is 54.3. The number of allylic oxidation sites excluding steroid dienone is 8. The van der Waals surface area contributed by atoms with Crippen LogP contribution in [0.2, 0.25) is 0 Å². The van der Waals surface area contributed by atoms with E-state index in [2.05, 4.69) is 69.4 Å². The minimum Gasteiger partial charge on any atom is -0.462 e. The zero-order valence-corrected chi connectivity index (χ0v) is 45.4. The lowest BCUT2D eigenvalue weighted by molar-refractivity contribution is -0.167. The van der Waals surface area contributed by atoms with E-state index in [1.165, 1.54) is 193 Å². The molecule has 1 atom stereocenters. The molecule has 0 amide bonds. The highest BCUT2D eigenvalue weighted by atomic mass is 16.6. The fourth-order valence-corrected chi connectivity index (χ4v) is 8.56. The molecule has 6 heteroatoms. The smallest absolute Gasteiger partial charge is 0.306 e. The zero-order valence-electron chi connectivity index (χ0n) is 45.4. The van der Waals surface area contributed by atoms with Crippen LogP contribution in [0.15, 0.2) is 48.6 Å². The second-order valence-corrected chi connectivity index (χ2v) is 19.9. The first kappa shape index (κ1) is 65.4. The standard InChI is InChI=1S/C62H112O6/c1-4-7-10-13-16-19-22-25-27-29-31-33-35-37-40-43-46-49-52-55-61(64)67-58-59(57-66-60(63)54-51-48-45-42-39-24-21-18-15-12-9-6-3)68-62(65)56-53-50-47-44-41-38-36-34-32-30-28-26-23-20-17-14-11-8-5-2/h16,19,25,27,30-33,59H,4-15,17-18,20-24,26,28-29,34-58H2,1-3H3/b19-16-,27-25-,32-30-,33-31-/t59-/m1/s1. The van der Waals surface area contributed by atoms with Gasteiger partial charge >= 0.3 is 17.9 Å². The average molecular weight is 954 g/mol. The summed E-state index contributed by atoms with van der Waals surface area (Å²) in [5.41, 5.74) is 0. The van der Waals surface area contributed by atoms with Crippen molar-refractivity contribution in [1.82, 2.24) is 0 Å². The van der Waals surface area contributed by atoms with Crippen LogP contribution in [0.4, 0.5) is 0 Å². The summed E-state index contributed by atoms with van der Waals surface area (Å²) in [5, 5.41) is 0. The van der Waals surface area contributed by atoms with Gasteiger partial charge in [-0.05, 0) is 83.5 Å². The molecule has 6 nitrogen and oxygen atoms in total. The summed E-state index contributed by atoms with van der Waals surface area (Å²) >= 11 is 0. The number of hydrogen-bond acceptors (Lipinski definition) is 6. The Morgan fingerprint density at radius 3 is 0.868 bits per heavy atom. The summed E-state index contributed by atoms with van der Waals surface area (Å²) in [5.74, 6) is -0.879. The molecule has 0 bridgehead atoms. The number of unbranched alkanes of at least 4 members (excludes halogenated alkanes) is 35. The molecule has 0 aliphatic rings. The van der Waals surface area contributed by atoms with E-state index in [4.69, 9.17) is 14.2 Å². The third-order valence-corrected chi connectivity index (χ3v) is 13.1. The molecule has 0 heterocycles. The molecular weight excluding hydrogens is 841 g/mol. The van der Waals surface area contributed by atoms with Crippen LogP contribution in [0, 0.1) is 0 Å². The van der Waals surface area contributed by atoms with Crippen molar-refractivity contribution < 1.29 is 28.6 Å². The first-order valence-corrected chi connectivity index (χ1v) is 29.6. The lowest BCUT2D eigenvalue weighted by atomic mass is 10.0. The molecular formula is C62H112O6. The Bertz CT molecular complexity index is 1190. The SMILES string of the molecule is CCCCC/C=C\C/C=C\C/C=C\CCCCCCCCC(=O)OC[C@@H](COC(=O)CCCCCCCCCCCCCC)OC(=O)CCCCCCCCC/C=C\CCCCCCCCCC. The molecule has 0 aromatic carbocycles. The van der Waals surface area contributed by atoms with E-state index in [9.17, 15) is 14.4 Å². The lowest BCUT2D eigenvalue weighted by Crippen LogP contribution is -2.30. The van der Waals surface area contributed by atoms with Gasteiger partial charge in [-0.2, -0.15) is 0 Å². The van der Waals surface area contributed by atoms with Crippen LogP contribution in [-0.4, -0.2) is 37.2 Å². The maximum Gasteiger partial charge on any atom is 0.306 e. The predicted octanol–water partition coefficient (Wildman–Crippen LogP) is 19.8. The van der Waals surface area contributed by atoms with E-state index >= 15 is 0 Å². The molecule has 0 radical (unpaired) electrons. The highest BCUT2D eigenvalue weighted by Crippen LogP contribution is 2.16. The second kappa shape index (κ2) is 57.0. The van der Waals surface area contributed by atoms with E-state index < -0.39 is 6.10 Å². The Morgan fingerprint density at radius 1 is 0.294 bits per heavy atom. The van der Waals surface area contributed by atoms with Gasteiger partial charge in [0.05, 0.1) is 0 Å². The van der Waals surface area contributed by atoms with Gasteiger partial charge in [-0.1, -0.05) is 256 Å². The van der Waals surface area contributed by atoms with Crippen molar-refractivity contribution in [3.05, 3.63) is 48.6 Å². The molecule has 0 aliphatic carbocycles. The van der Waals surface area contributed by atoms with Crippen molar-refractivity contribution in [2.75, 3.05) is 13.2 Å². The summed E-state index contributed by atoms with van der Waals surface area (Å²) in [7, 11) is 0. The number of rotatable bonds is 54. The molecule has 0 N–H and O–H groups in total. The largest absolute Gasteiger partial charge is 0.462 e. The van der Waals surface area contributed by atoms with E-state index in [0.29, 0.717) is 19.3 Å². The van der Waals surface area contributed by atoms with Gasteiger partial charge in [-0.15, -0.1) is 0 Å². The van der Waals surface area contributed by atoms with Crippen LogP contribution in [0.5, 0.6) is 0 Å². The Balaban J connectivity index is 4.35. The van der Waals surface area contributed by atoms with Gasteiger partial charge in [0, 0.05) is 19.3 Å². The van der Waals surface area contributed by atoms with Crippen molar-refractivity contribution in [1.29, 1.82) is 0 Å². The molecule has 68 heavy (non-hydrogen) atoms. The first-order chi connectivity index (χ1) is 33.5. The summed E-state index contributed by atoms with van der Waals surface area (Å²) < 4.78 is 16.9. The number of hydrogen-bond donors (Lipinski definition) is 0. The quantitative estimate of drug-likeness (QED) is 0.0262. The minimum absolute atomic E-state index is 0.0762. The van der Waals surface area contributed by atoms with Crippen molar-refractivity contribution in [2.45, 2.75) is 316 Å². The highest BCUT2D eigenvalue weighted by molar-refractivity contribution is 5.71. The second-order valence-electron chi connectivity index (χ2n) is 19.9. The number of carbonyl (C=O) groups excluding carboxylic acids is 3. The summed E-state index contributed by atoms with van der Waals surface area (Å²) in [6.45, 7) is 6.63. The molecule has 0 aromatic rings. The molecule has 0 rings (SSSR count). The number of carbonyl (C=O) groups is 3. The Labute approximate surface area is 422 Å². The molecule has 0 aromatic heterocycles. The zero-order chi connectivity index (χ0) is 49.3. The lowest BCUT2D eigenvalue weighted by Gasteiger charge is -2.18. The predicted molar refractivity (Wildman–Crippen MR) is 293 cm³/mol. The van der Waals surface area contributed by atoms with E-state index in [1.807, 2.05) is 0 Å². The van der Waals surface area contributed by atoms with Gasteiger partial charge in [0.1, 0.15) is 13.2 Å². The molecule has 0 unspecified atom stereocenters. The van der Waals surface area contributed by atoms with Crippen LogP contribution in [-0.2, 0) is 28.6 Å². The van der Waals surface area contributed by atoms with Gasteiger partial charge in [-0.25, -0.2) is 0 Å². The minimum atomic E-state index is -0.779. The van der Waals surface area contributed by atoms with Gasteiger partial charge < -0.3 is 14.2 Å². The van der Waals surface area contributed by atoms with Crippen molar-refractivity contribution in [2.24, 2.45) is 0 Å². The maximum atomic E-state index is 12.9.